The third-order valence-electron chi connectivity index (χ3n) is 3.45. The van der Waals surface area contributed by atoms with Crippen molar-refractivity contribution in [3.05, 3.63) is 29.3 Å². The summed E-state index contributed by atoms with van der Waals surface area (Å²) in [5.74, 6) is 1.62. The van der Waals surface area contributed by atoms with Crippen LogP contribution in [0.15, 0.2) is 18.2 Å². The van der Waals surface area contributed by atoms with Crippen LogP contribution in [0.1, 0.15) is 31.4 Å². The standard InChI is InChI=1S/C15H25NO/c1-11(2)15(16-4)9-7-13-6-8-14(17-5)10-12(13)3/h6,8,10-11,15-16H,7,9H2,1-5H3. The molecule has 0 spiro atoms. The van der Waals surface area contributed by atoms with Crippen molar-refractivity contribution >= 4 is 0 Å². The number of aryl methyl sites for hydroxylation is 2. The van der Waals surface area contributed by atoms with Gasteiger partial charge in [-0.05, 0) is 56.0 Å². The first-order valence-corrected chi connectivity index (χ1v) is 6.39. The molecule has 1 rings (SSSR count). The second kappa shape index (κ2) is 6.65. The van der Waals surface area contributed by atoms with Crippen LogP contribution in [0.3, 0.4) is 0 Å². The van der Waals surface area contributed by atoms with E-state index < -0.39 is 0 Å². The maximum absolute atomic E-state index is 5.22. The van der Waals surface area contributed by atoms with Gasteiger partial charge in [-0.25, -0.2) is 0 Å². The lowest BCUT2D eigenvalue weighted by molar-refractivity contribution is 0.402. The first kappa shape index (κ1) is 14.0. The van der Waals surface area contributed by atoms with E-state index in [1.54, 1.807) is 7.11 Å². The van der Waals surface area contributed by atoms with Gasteiger partial charge in [-0.2, -0.15) is 0 Å². The van der Waals surface area contributed by atoms with E-state index in [2.05, 4.69) is 38.2 Å². The molecule has 0 bridgehead atoms. The molecule has 1 unspecified atom stereocenters. The number of methoxy groups -OCH3 is 1. The van der Waals surface area contributed by atoms with E-state index in [-0.39, 0.29) is 0 Å². The highest BCUT2D eigenvalue weighted by Crippen LogP contribution is 2.19. The summed E-state index contributed by atoms with van der Waals surface area (Å²) in [6.45, 7) is 6.69. The van der Waals surface area contributed by atoms with Gasteiger partial charge in [0.1, 0.15) is 5.75 Å². The van der Waals surface area contributed by atoms with Crippen LogP contribution in [0.4, 0.5) is 0 Å². The molecule has 0 radical (unpaired) electrons. The van der Waals surface area contributed by atoms with Gasteiger partial charge < -0.3 is 10.1 Å². The number of benzene rings is 1. The second-order valence-corrected chi connectivity index (χ2v) is 4.97. The topological polar surface area (TPSA) is 21.3 Å². The molecule has 96 valence electrons. The van der Waals surface area contributed by atoms with Crippen LogP contribution < -0.4 is 10.1 Å². The number of hydrogen-bond acceptors (Lipinski definition) is 2. The fourth-order valence-electron chi connectivity index (χ4n) is 2.20. The van der Waals surface area contributed by atoms with Crippen LogP contribution in [-0.4, -0.2) is 20.2 Å². The van der Waals surface area contributed by atoms with E-state index in [1.807, 2.05) is 13.1 Å². The van der Waals surface area contributed by atoms with Crippen molar-refractivity contribution in [2.75, 3.05) is 14.2 Å². The Morgan fingerprint density at radius 3 is 2.47 bits per heavy atom. The summed E-state index contributed by atoms with van der Waals surface area (Å²) in [5, 5.41) is 3.39. The lowest BCUT2D eigenvalue weighted by Gasteiger charge is -2.20. The lowest BCUT2D eigenvalue weighted by atomic mass is 9.95. The maximum Gasteiger partial charge on any atom is 0.119 e. The summed E-state index contributed by atoms with van der Waals surface area (Å²) in [6, 6.07) is 6.93. The van der Waals surface area contributed by atoms with E-state index in [4.69, 9.17) is 4.74 Å². The van der Waals surface area contributed by atoms with Crippen LogP contribution in [0.2, 0.25) is 0 Å². The summed E-state index contributed by atoms with van der Waals surface area (Å²) in [5.41, 5.74) is 2.75. The Balaban J connectivity index is 2.63. The van der Waals surface area contributed by atoms with Gasteiger partial charge in [-0.1, -0.05) is 19.9 Å². The van der Waals surface area contributed by atoms with Gasteiger partial charge in [-0.3, -0.25) is 0 Å². The minimum atomic E-state index is 0.594. The van der Waals surface area contributed by atoms with E-state index in [1.165, 1.54) is 17.5 Å². The summed E-state index contributed by atoms with van der Waals surface area (Å²) in [4.78, 5) is 0. The summed E-state index contributed by atoms with van der Waals surface area (Å²) < 4.78 is 5.22. The molecule has 1 aromatic rings. The van der Waals surface area contributed by atoms with E-state index in [0.29, 0.717) is 12.0 Å². The van der Waals surface area contributed by atoms with Crippen LogP contribution in [-0.2, 0) is 6.42 Å². The van der Waals surface area contributed by atoms with E-state index in [9.17, 15) is 0 Å². The predicted octanol–water partition coefficient (Wildman–Crippen LogP) is 3.18. The molecule has 1 atom stereocenters. The van der Waals surface area contributed by atoms with E-state index >= 15 is 0 Å². The SMILES string of the molecule is CNC(CCc1ccc(OC)cc1C)C(C)C. The Morgan fingerprint density at radius 1 is 1.29 bits per heavy atom. The van der Waals surface area contributed by atoms with E-state index in [0.717, 1.165) is 12.2 Å². The molecular formula is C15H25NO. The number of ether oxygens (including phenoxy) is 1. The van der Waals surface area contributed by atoms with Crippen molar-refractivity contribution in [2.45, 2.75) is 39.7 Å². The first-order chi connectivity index (χ1) is 8.08. The molecule has 0 aliphatic heterocycles. The summed E-state index contributed by atoms with van der Waals surface area (Å²) in [7, 11) is 3.76. The highest BCUT2D eigenvalue weighted by atomic mass is 16.5. The normalized spacial score (nSPS) is 12.8. The lowest BCUT2D eigenvalue weighted by Crippen LogP contribution is -2.31. The number of nitrogens with one attached hydrogen (secondary N) is 1. The molecule has 0 amide bonds. The van der Waals surface area contributed by atoms with Gasteiger partial charge in [0.05, 0.1) is 7.11 Å². The van der Waals surface area contributed by atoms with Crippen molar-refractivity contribution in [3.63, 3.8) is 0 Å². The van der Waals surface area contributed by atoms with Gasteiger partial charge in [0, 0.05) is 6.04 Å². The summed E-state index contributed by atoms with van der Waals surface area (Å²) in [6.07, 6.45) is 2.31. The zero-order valence-corrected chi connectivity index (χ0v) is 11.7. The van der Waals surface area contributed by atoms with Crippen LogP contribution in [0, 0.1) is 12.8 Å². The third-order valence-corrected chi connectivity index (χ3v) is 3.45. The van der Waals surface area contributed by atoms with Crippen LogP contribution in [0.25, 0.3) is 0 Å². The van der Waals surface area contributed by atoms with Gasteiger partial charge in [0.15, 0.2) is 0 Å². The predicted molar refractivity (Wildman–Crippen MR) is 73.7 cm³/mol. The monoisotopic (exact) mass is 235 g/mol. The van der Waals surface area contributed by atoms with Crippen molar-refractivity contribution in [2.24, 2.45) is 5.92 Å². The van der Waals surface area contributed by atoms with Gasteiger partial charge in [0.25, 0.3) is 0 Å². The van der Waals surface area contributed by atoms with Gasteiger partial charge in [0.2, 0.25) is 0 Å². The Kier molecular flexibility index (Phi) is 5.49. The fraction of sp³-hybridized carbons (Fsp3) is 0.600. The molecule has 0 fully saturated rings. The third kappa shape index (κ3) is 4.04. The average molecular weight is 235 g/mol. The van der Waals surface area contributed by atoms with Crippen molar-refractivity contribution in [1.29, 1.82) is 0 Å². The Labute approximate surface area is 105 Å². The van der Waals surface area contributed by atoms with Crippen LogP contribution >= 0.6 is 0 Å². The maximum atomic E-state index is 5.22. The highest BCUT2D eigenvalue weighted by Gasteiger charge is 2.11. The zero-order chi connectivity index (χ0) is 12.8. The molecule has 2 nitrogen and oxygen atoms in total. The molecule has 0 saturated carbocycles. The Hall–Kier alpha value is -1.02. The molecule has 0 saturated heterocycles. The minimum Gasteiger partial charge on any atom is -0.497 e. The average Bonchev–Trinajstić information content (AvgIpc) is 2.31. The van der Waals surface area contributed by atoms with Gasteiger partial charge >= 0.3 is 0 Å². The molecule has 17 heavy (non-hydrogen) atoms. The van der Waals surface area contributed by atoms with Crippen LogP contribution in [0.5, 0.6) is 5.75 Å². The smallest absolute Gasteiger partial charge is 0.119 e. The molecule has 0 aliphatic rings. The number of rotatable bonds is 6. The Morgan fingerprint density at radius 2 is 2.00 bits per heavy atom. The largest absolute Gasteiger partial charge is 0.497 e. The fourth-order valence-corrected chi connectivity index (χ4v) is 2.20. The van der Waals surface area contributed by atoms with Crippen molar-refractivity contribution in [3.8, 4) is 5.75 Å². The zero-order valence-electron chi connectivity index (χ0n) is 11.7. The highest BCUT2D eigenvalue weighted by molar-refractivity contribution is 5.34. The first-order valence-electron chi connectivity index (χ1n) is 6.39. The minimum absolute atomic E-state index is 0.594. The van der Waals surface area contributed by atoms with Crippen molar-refractivity contribution < 1.29 is 4.74 Å². The Bertz CT molecular complexity index is 347. The summed E-state index contributed by atoms with van der Waals surface area (Å²) >= 11 is 0. The quantitative estimate of drug-likeness (QED) is 0.817. The molecule has 1 N–H and O–H groups in total. The van der Waals surface area contributed by atoms with Gasteiger partial charge in [-0.15, -0.1) is 0 Å². The molecular weight excluding hydrogens is 210 g/mol. The molecule has 0 aromatic heterocycles. The molecule has 0 aliphatic carbocycles. The number of hydrogen-bond donors (Lipinski definition) is 1. The van der Waals surface area contributed by atoms with Crippen molar-refractivity contribution in [1.82, 2.24) is 5.32 Å². The second-order valence-electron chi connectivity index (χ2n) is 4.97. The molecule has 1 aromatic carbocycles. The molecule has 0 heterocycles. The molecule has 2 heteroatoms.